The van der Waals surface area contributed by atoms with Crippen molar-refractivity contribution in [3.8, 4) is 0 Å². The lowest BCUT2D eigenvalue weighted by atomic mass is 10.1. The van der Waals surface area contributed by atoms with E-state index in [2.05, 4.69) is 47.6 Å². The smallest absolute Gasteiger partial charge is 0.0240 e. The molecule has 2 rings (SSSR count). The molecular formula is C18H26N2. The van der Waals surface area contributed by atoms with Gasteiger partial charge in [0.15, 0.2) is 0 Å². The first kappa shape index (κ1) is 15.0. The molecule has 0 atom stereocenters. The van der Waals surface area contributed by atoms with Crippen LogP contribution in [-0.2, 0) is 13.0 Å². The zero-order valence-corrected chi connectivity index (χ0v) is 12.4. The van der Waals surface area contributed by atoms with Gasteiger partial charge in [0, 0.05) is 25.7 Å². The summed E-state index contributed by atoms with van der Waals surface area (Å²) in [7, 11) is 0. The van der Waals surface area contributed by atoms with Crippen LogP contribution in [0.1, 0.15) is 24.0 Å². The molecule has 0 radical (unpaired) electrons. The largest absolute Gasteiger partial charge is 0.314 e. The molecule has 1 aromatic carbocycles. The molecule has 0 aliphatic heterocycles. The lowest BCUT2D eigenvalue weighted by molar-refractivity contribution is 0.328. The molecule has 108 valence electrons. The Labute approximate surface area is 123 Å². The zero-order valence-electron chi connectivity index (χ0n) is 12.4. The fraction of sp³-hybridized carbons (Fsp3) is 0.444. The van der Waals surface area contributed by atoms with Gasteiger partial charge in [0.05, 0.1) is 0 Å². The van der Waals surface area contributed by atoms with Crippen molar-refractivity contribution in [2.45, 2.75) is 31.8 Å². The van der Waals surface area contributed by atoms with E-state index in [9.17, 15) is 0 Å². The molecule has 0 bridgehead atoms. The van der Waals surface area contributed by atoms with Crippen molar-refractivity contribution in [2.24, 2.45) is 0 Å². The van der Waals surface area contributed by atoms with Gasteiger partial charge in [0.2, 0.25) is 0 Å². The highest BCUT2D eigenvalue weighted by molar-refractivity contribution is 5.23. The van der Waals surface area contributed by atoms with Crippen LogP contribution >= 0.6 is 0 Å². The van der Waals surface area contributed by atoms with Crippen LogP contribution in [0.25, 0.3) is 0 Å². The first-order chi connectivity index (χ1) is 9.81. The first-order valence-corrected chi connectivity index (χ1v) is 7.57. The fourth-order valence-corrected chi connectivity index (χ4v) is 2.35. The van der Waals surface area contributed by atoms with Gasteiger partial charge in [-0.15, -0.1) is 13.2 Å². The van der Waals surface area contributed by atoms with Gasteiger partial charge in [-0.1, -0.05) is 36.4 Å². The van der Waals surface area contributed by atoms with E-state index in [0.717, 1.165) is 38.6 Å². The molecule has 0 spiro atoms. The molecule has 2 heteroatoms. The van der Waals surface area contributed by atoms with Crippen molar-refractivity contribution in [3.05, 3.63) is 60.7 Å². The van der Waals surface area contributed by atoms with Gasteiger partial charge in [0.1, 0.15) is 0 Å². The van der Waals surface area contributed by atoms with Crippen LogP contribution < -0.4 is 5.32 Å². The van der Waals surface area contributed by atoms with Gasteiger partial charge >= 0.3 is 0 Å². The molecule has 1 aromatic rings. The van der Waals surface area contributed by atoms with E-state index in [0.29, 0.717) is 0 Å². The molecule has 2 nitrogen and oxygen atoms in total. The Morgan fingerprint density at radius 3 is 2.20 bits per heavy atom. The van der Waals surface area contributed by atoms with Gasteiger partial charge in [-0.05, 0) is 36.9 Å². The third-order valence-electron chi connectivity index (χ3n) is 3.63. The molecule has 1 saturated carbocycles. The highest BCUT2D eigenvalue weighted by Crippen LogP contribution is 2.18. The average Bonchev–Trinajstić information content (AvgIpc) is 3.26. The Morgan fingerprint density at radius 2 is 1.65 bits per heavy atom. The van der Waals surface area contributed by atoms with Crippen LogP contribution in [0.2, 0.25) is 0 Å². The third kappa shape index (κ3) is 5.32. The number of rotatable bonds is 10. The molecule has 20 heavy (non-hydrogen) atoms. The third-order valence-corrected chi connectivity index (χ3v) is 3.63. The first-order valence-electron chi connectivity index (χ1n) is 7.57. The molecule has 1 N–H and O–H groups in total. The lowest BCUT2D eigenvalue weighted by Gasteiger charge is -2.18. The number of hydrogen-bond donors (Lipinski definition) is 1. The molecular weight excluding hydrogens is 244 g/mol. The van der Waals surface area contributed by atoms with Crippen LogP contribution in [0.5, 0.6) is 0 Å². The van der Waals surface area contributed by atoms with Gasteiger partial charge in [0.25, 0.3) is 0 Å². The summed E-state index contributed by atoms with van der Waals surface area (Å²) in [5.74, 6) is 0. The van der Waals surface area contributed by atoms with E-state index in [1.165, 1.54) is 24.0 Å². The van der Waals surface area contributed by atoms with Gasteiger partial charge in [-0.3, -0.25) is 4.90 Å². The van der Waals surface area contributed by atoms with E-state index in [-0.39, 0.29) is 0 Å². The van der Waals surface area contributed by atoms with Crippen molar-refractivity contribution < 1.29 is 0 Å². The van der Waals surface area contributed by atoms with Crippen molar-refractivity contribution >= 4 is 0 Å². The maximum absolute atomic E-state index is 3.81. The quantitative estimate of drug-likeness (QED) is 0.657. The van der Waals surface area contributed by atoms with Crippen molar-refractivity contribution in [2.75, 3.05) is 19.6 Å². The van der Waals surface area contributed by atoms with Crippen molar-refractivity contribution in [1.29, 1.82) is 0 Å². The fourth-order valence-electron chi connectivity index (χ4n) is 2.35. The predicted octanol–water partition coefficient (Wildman–Crippen LogP) is 3.16. The summed E-state index contributed by atoms with van der Waals surface area (Å²) < 4.78 is 0. The van der Waals surface area contributed by atoms with E-state index >= 15 is 0 Å². The second kappa shape index (κ2) is 8.03. The van der Waals surface area contributed by atoms with E-state index in [1.807, 2.05) is 12.2 Å². The molecule has 1 fully saturated rings. The maximum Gasteiger partial charge on any atom is 0.0240 e. The topological polar surface area (TPSA) is 15.3 Å². The van der Waals surface area contributed by atoms with Gasteiger partial charge < -0.3 is 5.32 Å². The summed E-state index contributed by atoms with van der Waals surface area (Å²) in [4.78, 5) is 2.32. The van der Waals surface area contributed by atoms with Crippen LogP contribution in [0.15, 0.2) is 49.6 Å². The minimum absolute atomic E-state index is 0.806. The second-order valence-electron chi connectivity index (χ2n) is 5.57. The number of nitrogens with one attached hydrogen (secondary N) is 1. The van der Waals surface area contributed by atoms with Crippen LogP contribution in [-0.4, -0.2) is 30.6 Å². The highest BCUT2D eigenvalue weighted by atomic mass is 15.1. The lowest BCUT2D eigenvalue weighted by Crippen LogP contribution is -2.23. The molecule has 0 amide bonds. The Kier molecular flexibility index (Phi) is 6.03. The zero-order chi connectivity index (χ0) is 14.2. The predicted molar refractivity (Wildman–Crippen MR) is 86.8 cm³/mol. The summed E-state index contributed by atoms with van der Waals surface area (Å²) in [5, 5.41) is 3.55. The highest BCUT2D eigenvalue weighted by Gasteiger charge is 2.19. The average molecular weight is 270 g/mol. The minimum atomic E-state index is 0.806. The summed E-state index contributed by atoms with van der Waals surface area (Å²) in [6.07, 6.45) is 7.74. The summed E-state index contributed by atoms with van der Waals surface area (Å²) in [5.41, 5.74) is 2.77. The molecule has 0 heterocycles. The van der Waals surface area contributed by atoms with Crippen molar-refractivity contribution in [3.63, 3.8) is 0 Å². The maximum atomic E-state index is 3.81. The molecule has 0 saturated heterocycles. The van der Waals surface area contributed by atoms with E-state index < -0.39 is 0 Å². The molecule has 0 unspecified atom stereocenters. The number of benzene rings is 1. The van der Waals surface area contributed by atoms with Gasteiger partial charge in [-0.2, -0.15) is 0 Å². The minimum Gasteiger partial charge on any atom is -0.314 e. The second-order valence-corrected chi connectivity index (χ2v) is 5.57. The van der Waals surface area contributed by atoms with E-state index in [1.54, 1.807) is 0 Å². The Bertz CT molecular complexity index is 408. The molecule has 1 aliphatic carbocycles. The summed E-state index contributed by atoms with van der Waals surface area (Å²) >= 11 is 0. The van der Waals surface area contributed by atoms with E-state index in [4.69, 9.17) is 0 Å². The monoisotopic (exact) mass is 270 g/mol. The Balaban J connectivity index is 1.79. The van der Waals surface area contributed by atoms with Gasteiger partial charge in [-0.25, -0.2) is 0 Å². The Morgan fingerprint density at radius 1 is 1.05 bits per heavy atom. The van der Waals surface area contributed by atoms with Crippen LogP contribution in [0.3, 0.4) is 0 Å². The SMILES string of the molecule is C=CCN(CC=C)Cc1ccc(CCNC2CC2)cc1. The summed E-state index contributed by atoms with van der Waals surface area (Å²) in [6, 6.07) is 9.80. The normalized spacial score (nSPS) is 14.4. The molecule has 0 aromatic heterocycles. The molecule has 1 aliphatic rings. The number of nitrogens with zero attached hydrogens (tertiary/aromatic N) is 1. The standard InChI is InChI=1S/C18H26N2/c1-3-13-20(14-4-2)15-17-7-5-16(6-8-17)11-12-19-18-9-10-18/h3-8,18-19H,1-2,9-15H2. The van der Waals surface area contributed by atoms with Crippen molar-refractivity contribution in [1.82, 2.24) is 10.2 Å². The summed E-state index contributed by atoms with van der Waals surface area (Å²) in [6.45, 7) is 11.5. The Hall–Kier alpha value is -1.38. The van der Waals surface area contributed by atoms with Crippen LogP contribution in [0, 0.1) is 0 Å². The van der Waals surface area contributed by atoms with Crippen LogP contribution in [0.4, 0.5) is 0 Å². The number of hydrogen-bond acceptors (Lipinski definition) is 2.